The van der Waals surface area contributed by atoms with E-state index in [1.165, 1.54) is 7.11 Å². The van der Waals surface area contributed by atoms with E-state index in [2.05, 4.69) is 45.4 Å². The third kappa shape index (κ3) is 3.78. The van der Waals surface area contributed by atoms with Crippen LogP contribution in [0.4, 0.5) is 5.69 Å². The fourth-order valence-corrected chi connectivity index (χ4v) is 3.12. The van der Waals surface area contributed by atoms with Crippen molar-refractivity contribution in [3.63, 3.8) is 0 Å². The Kier molecular flexibility index (Phi) is 5.38. The molecule has 0 N–H and O–H groups in total. The van der Waals surface area contributed by atoms with Crippen LogP contribution in [-0.4, -0.2) is 23.9 Å². The molecule has 1 aromatic heterocycles. The predicted molar refractivity (Wildman–Crippen MR) is 108 cm³/mol. The minimum Gasteiger partial charge on any atom is -0.465 e. The third-order valence-electron chi connectivity index (χ3n) is 4.20. The minimum absolute atomic E-state index is 0.333. The van der Waals surface area contributed by atoms with Gasteiger partial charge in [-0.25, -0.2) is 4.79 Å². The molecule has 0 saturated carbocycles. The number of hydrogen-bond acceptors (Lipinski definition) is 3. The molecule has 132 valence electrons. The first-order chi connectivity index (χ1) is 12.5. The molecule has 0 unspecified atom stereocenters. The number of hydrogen-bond donors (Lipinski definition) is 0. The summed E-state index contributed by atoms with van der Waals surface area (Å²) in [7, 11) is 1.38. The Morgan fingerprint density at radius 2 is 1.73 bits per heavy atom. The highest BCUT2D eigenvalue weighted by Gasteiger charge is 2.11. The lowest BCUT2D eigenvalue weighted by atomic mass is 10.2. The van der Waals surface area contributed by atoms with E-state index in [4.69, 9.17) is 4.74 Å². The van der Waals surface area contributed by atoms with Crippen LogP contribution in [0.2, 0.25) is 0 Å². The third-order valence-corrected chi connectivity index (χ3v) is 4.72. The fourth-order valence-electron chi connectivity index (χ4n) is 2.85. The van der Waals surface area contributed by atoms with Gasteiger partial charge in [0.1, 0.15) is 0 Å². The Labute approximate surface area is 161 Å². The molecule has 4 nitrogen and oxygen atoms in total. The number of halogens is 1. The lowest BCUT2D eigenvalue weighted by Crippen LogP contribution is -2.03. The van der Waals surface area contributed by atoms with Crippen molar-refractivity contribution in [3.05, 3.63) is 81.6 Å². The summed E-state index contributed by atoms with van der Waals surface area (Å²) >= 11 is 3.43. The maximum absolute atomic E-state index is 11.6. The maximum Gasteiger partial charge on any atom is 0.337 e. The molecule has 0 radical (unpaired) electrons. The number of benzene rings is 2. The molecule has 1 heterocycles. The van der Waals surface area contributed by atoms with Gasteiger partial charge in [-0.2, -0.15) is 0 Å². The van der Waals surface area contributed by atoms with Crippen LogP contribution in [0, 0.1) is 13.8 Å². The van der Waals surface area contributed by atoms with Crippen molar-refractivity contribution >= 4 is 33.8 Å². The van der Waals surface area contributed by atoms with Gasteiger partial charge in [0.05, 0.1) is 18.4 Å². The van der Waals surface area contributed by atoms with Gasteiger partial charge in [-0.1, -0.05) is 15.9 Å². The van der Waals surface area contributed by atoms with Crippen LogP contribution < -0.4 is 0 Å². The van der Waals surface area contributed by atoms with E-state index in [1.54, 1.807) is 12.1 Å². The summed E-state index contributed by atoms with van der Waals surface area (Å²) < 4.78 is 7.92. The molecule has 0 atom stereocenters. The average molecular weight is 411 g/mol. The molecule has 3 aromatic rings. The van der Waals surface area contributed by atoms with E-state index in [-0.39, 0.29) is 5.97 Å². The molecule has 0 amide bonds. The highest BCUT2D eigenvalue weighted by Crippen LogP contribution is 2.22. The second-order valence-electron chi connectivity index (χ2n) is 5.93. The molecule has 0 bridgehead atoms. The first-order valence-corrected chi connectivity index (χ1v) is 8.96. The summed E-state index contributed by atoms with van der Waals surface area (Å²) in [5.41, 5.74) is 5.69. The Morgan fingerprint density at radius 3 is 2.35 bits per heavy atom. The molecule has 0 saturated heterocycles. The van der Waals surface area contributed by atoms with E-state index in [0.717, 1.165) is 32.8 Å². The first kappa shape index (κ1) is 18.1. The molecule has 0 aliphatic heterocycles. The molecule has 0 aliphatic rings. The number of methoxy groups -OCH3 is 1. The Balaban J connectivity index is 1.90. The monoisotopic (exact) mass is 410 g/mol. The summed E-state index contributed by atoms with van der Waals surface area (Å²) in [6.45, 7) is 4.11. The van der Waals surface area contributed by atoms with Crippen LogP contribution >= 0.6 is 15.9 Å². The summed E-state index contributed by atoms with van der Waals surface area (Å²) in [5, 5.41) is 0. The topological polar surface area (TPSA) is 43.6 Å². The van der Waals surface area contributed by atoms with Gasteiger partial charge in [0, 0.05) is 33.3 Å². The normalized spacial score (nSPS) is 11.1. The number of carbonyl (C=O) groups excluding carboxylic acids is 1. The van der Waals surface area contributed by atoms with Gasteiger partial charge in [-0.3, -0.25) is 4.99 Å². The Morgan fingerprint density at radius 1 is 1.08 bits per heavy atom. The van der Waals surface area contributed by atoms with Crippen molar-refractivity contribution in [2.75, 3.05) is 7.11 Å². The molecular formula is C21H19BrN2O2. The first-order valence-electron chi connectivity index (χ1n) is 8.17. The number of carbonyl (C=O) groups is 1. The molecule has 0 fully saturated rings. The maximum atomic E-state index is 11.6. The summed E-state index contributed by atoms with van der Waals surface area (Å²) in [6, 6.07) is 17.4. The Bertz CT molecular complexity index is 955. The Hall–Kier alpha value is -2.66. The standard InChI is InChI=1S/C21H19BrN2O2/c1-14-12-17(13-23-19-8-6-18(22)7-9-19)15(2)24(14)20-10-4-16(5-11-20)21(25)26-3/h4-13H,1-3H3. The second-order valence-corrected chi connectivity index (χ2v) is 6.85. The number of aryl methyl sites for hydroxylation is 1. The highest BCUT2D eigenvalue weighted by atomic mass is 79.9. The zero-order valence-corrected chi connectivity index (χ0v) is 16.4. The van der Waals surface area contributed by atoms with Gasteiger partial charge in [0.25, 0.3) is 0 Å². The average Bonchev–Trinajstić information content (AvgIpc) is 2.94. The molecule has 3 rings (SSSR count). The van der Waals surface area contributed by atoms with Gasteiger partial charge in [-0.15, -0.1) is 0 Å². The van der Waals surface area contributed by atoms with Crippen molar-refractivity contribution in [3.8, 4) is 5.69 Å². The zero-order valence-electron chi connectivity index (χ0n) is 14.9. The molecule has 5 heteroatoms. The van der Waals surface area contributed by atoms with Gasteiger partial charge in [-0.05, 0) is 68.4 Å². The number of aromatic nitrogens is 1. The van der Waals surface area contributed by atoms with Crippen LogP contribution in [0.1, 0.15) is 27.3 Å². The van der Waals surface area contributed by atoms with Crippen molar-refractivity contribution in [2.24, 2.45) is 4.99 Å². The van der Waals surface area contributed by atoms with Crippen LogP contribution in [0.5, 0.6) is 0 Å². The summed E-state index contributed by atoms with van der Waals surface area (Å²) in [4.78, 5) is 16.1. The number of esters is 1. The quantitative estimate of drug-likeness (QED) is 0.427. The van der Waals surface area contributed by atoms with Crippen molar-refractivity contribution in [1.29, 1.82) is 0 Å². The highest BCUT2D eigenvalue weighted by molar-refractivity contribution is 9.10. The zero-order chi connectivity index (χ0) is 18.7. The van der Waals surface area contributed by atoms with Gasteiger partial charge >= 0.3 is 5.97 Å². The molecular weight excluding hydrogens is 392 g/mol. The van der Waals surface area contributed by atoms with E-state index in [1.807, 2.05) is 42.6 Å². The van der Waals surface area contributed by atoms with E-state index < -0.39 is 0 Å². The fraction of sp³-hybridized carbons (Fsp3) is 0.143. The predicted octanol–water partition coefficient (Wildman–Crippen LogP) is 5.39. The van der Waals surface area contributed by atoms with E-state index >= 15 is 0 Å². The van der Waals surface area contributed by atoms with E-state index in [0.29, 0.717) is 5.56 Å². The van der Waals surface area contributed by atoms with Crippen molar-refractivity contribution in [1.82, 2.24) is 4.57 Å². The van der Waals surface area contributed by atoms with Crippen molar-refractivity contribution in [2.45, 2.75) is 13.8 Å². The van der Waals surface area contributed by atoms with Crippen molar-refractivity contribution < 1.29 is 9.53 Å². The lowest BCUT2D eigenvalue weighted by molar-refractivity contribution is 0.0601. The van der Waals surface area contributed by atoms with Crippen LogP contribution in [-0.2, 0) is 4.74 Å². The molecule has 2 aromatic carbocycles. The SMILES string of the molecule is COC(=O)c1ccc(-n2c(C)cc(C=Nc3ccc(Br)cc3)c2C)cc1. The lowest BCUT2D eigenvalue weighted by Gasteiger charge is -2.10. The van der Waals surface area contributed by atoms with Gasteiger partial charge < -0.3 is 9.30 Å². The number of ether oxygens (including phenoxy) is 1. The minimum atomic E-state index is -0.333. The summed E-state index contributed by atoms with van der Waals surface area (Å²) in [6.07, 6.45) is 1.88. The smallest absolute Gasteiger partial charge is 0.337 e. The molecule has 0 spiro atoms. The number of nitrogens with zero attached hydrogens (tertiary/aromatic N) is 2. The van der Waals surface area contributed by atoms with Gasteiger partial charge in [0.15, 0.2) is 0 Å². The number of rotatable bonds is 4. The largest absolute Gasteiger partial charge is 0.465 e. The van der Waals surface area contributed by atoms with E-state index in [9.17, 15) is 4.79 Å². The number of aliphatic imine (C=N–C) groups is 1. The van der Waals surface area contributed by atoms with Crippen LogP contribution in [0.3, 0.4) is 0 Å². The molecule has 0 aliphatic carbocycles. The van der Waals surface area contributed by atoms with Crippen LogP contribution in [0.25, 0.3) is 5.69 Å². The van der Waals surface area contributed by atoms with Crippen LogP contribution in [0.15, 0.2) is 64.1 Å². The van der Waals surface area contributed by atoms with Gasteiger partial charge in [0.2, 0.25) is 0 Å². The summed E-state index contributed by atoms with van der Waals surface area (Å²) in [5.74, 6) is -0.333. The second kappa shape index (κ2) is 7.70. The molecule has 26 heavy (non-hydrogen) atoms.